The second kappa shape index (κ2) is 7.84. The van der Waals surface area contributed by atoms with Gasteiger partial charge in [0.2, 0.25) is 0 Å². The van der Waals surface area contributed by atoms with Crippen molar-refractivity contribution >= 4 is 11.3 Å². The number of nitrogens with one attached hydrogen (secondary N) is 1. The molecule has 0 fully saturated rings. The quantitative estimate of drug-likeness (QED) is 0.584. The van der Waals surface area contributed by atoms with Gasteiger partial charge >= 0.3 is 0 Å². The van der Waals surface area contributed by atoms with Crippen LogP contribution in [-0.2, 0) is 11.2 Å². The van der Waals surface area contributed by atoms with E-state index in [2.05, 4.69) is 93.7 Å². The molecule has 2 aliphatic rings. The molecule has 1 N–H and O–H groups in total. The summed E-state index contributed by atoms with van der Waals surface area (Å²) < 4.78 is 6.96. The number of unbranched alkanes of at least 4 members (excludes halogenated alkanes) is 1. The van der Waals surface area contributed by atoms with Crippen molar-refractivity contribution in [3.63, 3.8) is 0 Å². The number of rotatable bonds is 5. The summed E-state index contributed by atoms with van der Waals surface area (Å²) in [5.74, 6) is 1.06. The first-order valence-corrected chi connectivity index (χ1v) is 11.0. The molecule has 1 atom stereocenters. The van der Waals surface area contributed by atoms with Crippen molar-refractivity contribution in [3.05, 3.63) is 82.9 Å². The highest BCUT2D eigenvalue weighted by molar-refractivity contribution is 5.91. The molecule has 29 heavy (non-hydrogen) atoms. The van der Waals surface area contributed by atoms with Crippen LogP contribution in [0, 0.1) is 5.41 Å². The lowest BCUT2D eigenvalue weighted by atomic mass is 9.75. The van der Waals surface area contributed by atoms with Crippen molar-refractivity contribution in [1.82, 2.24) is 5.32 Å². The lowest BCUT2D eigenvalue weighted by Crippen LogP contribution is -2.57. The topological polar surface area (TPSA) is 21.3 Å². The number of hydrogen-bond donors (Lipinski definition) is 1. The predicted octanol–water partition coefficient (Wildman–Crippen LogP) is 6.59. The largest absolute Gasteiger partial charge is 0.468 e. The Balaban J connectivity index is 1.90. The fourth-order valence-electron chi connectivity index (χ4n) is 4.40. The Labute approximate surface area is 175 Å². The second-order valence-corrected chi connectivity index (χ2v) is 9.26. The van der Waals surface area contributed by atoms with Crippen LogP contribution < -0.4 is 5.32 Å². The van der Waals surface area contributed by atoms with Crippen molar-refractivity contribution in [2.75, 3.05) is 6.54 Å². The van der Waals surface area contributed by atoms with E-state index in [0.717, 1.165) is 31.6 Å². The Morgan fingerprint density at radius 1 is 0.966 bits per heavy atom. The molecule has 4 rings (SSSR count). The maximum atomic E-state index is 6.96. The molecule has 2 nitrogen and oxygen atoms in total. The molecule has 0 bridgehead atoms. The standard InChI is InChI=1S/C27H33NO/c1-5-6-18-28-27(26(2,3)4)19-24(20-12-8-7-9-13-20)23-17-16-21-14-10-11-15-22(21)25(23)29-27/h7-15,19,28H,5-6,16-18H2,1-4H3. The highest BCUT2D eigenvalue weighted by atomic mass is 16.5. The van der Waals surface area contributed by atoms with Gasteiger partial charge in [0.1, 0.15) is 5.76 Å². The normalized spacial score (nSPS) is 21.2. The monoisotopic (exact) mass is 387 g/mol. The zero-order valence-corrected chi connectivity index (χ0v) is 18.2. The van der Waals surface area contributed by atoms with Crippen LogP contribution in [0.4, 0.5) is 0 Å². The maximum absolute atomic E-state index is 6.96. The smallest absolute Gasteiger partial charge is 0.186 e. The van der Waals surface area contributed by atoms with Gasteiger partial charge in [-0.3, -0.25) is 5.32 Å². The molecule has 1 heterocycles. The van der Waals surface area contributed by atoms with Gasteiger partial charge in [-0.2, -0.15) is 0 Å². The summed E-state index contributed by atoms with van der Waals surface area (Å²) in [5.41, 5.74) is 5.92. The van der Waals surface area contributed by atoms with Gasteiger partial charge in [-0.15, -0.1) is 0 Å². The molecule has 1 unspecified atom stereocenters. The third-order valence-corrected chi connectivity index (χ3v) is 6.23. The fraction of sp³-hybridized carbons (Fsp3) is 0.407. The average molecular weight is 388 g/mol. The number of aryl methyl sites for hydroxylation is 1. The Morgan fingerprint density at radius 2 is 1.69 bits per heavy atom. The lowest BCUT2D eigenvalue weighted by molar-refractivity contribution is -0.0444. The fourth-order valence-corrected chi connectivity index (χ4v) is 4.40. The summed E-state index contributed by atoms with van der Waals surface area (Å²) in [6.07, 6.45) is 6.75. The van der Waals surface area contributed by atoms with Crippen LogP contribution in [0.15, 0.2) is 66.2 Å². The Hall–Kier alpha value is -2.32. The molecule has 0 amide bonds. The highest BCUT2D eigenvalue weighted by Crippen LogP contribution is 2.49. The number of hydrogen-bond acceptors (Lipinski definition) is 2. The molecule has 0 saturated heterocycles. The number of fused-ring (bicyclic) bond motifs is 2. The Morgan fingerprint density at radius 3 is 2.41 bits per heavy atom. The Kier molecular flexibility index (Phi) is 5.40. The molecule has 0 spiro atoms. The summed E-state index contributed by atoms with van der Waals surface area (Å²) >= 11 is 0. The van der Waals surface area contributed by atoms with Gasteiger partial charge < -0.3 is 4.74 Å². The van der Waals surface area contributed by atoms with Crippen LogP contribution in [0.5, 0.6) is 0 Å². The lowest BCUT2D eigenvalue weighted by Gasteiger charge is -2.48. The first-order valence-electron chi connectivity index (χ1n) is 11.0. The minimum Gasteiger partial charge on any atom is -0.468 e. The molecule has 0 radical (unpaired) electrons. The predicted molar refractivity (Wildman–Crippen MR) is 122 cm³/mol. The van der Waals surface area contributed by atoms with Gasteiger partial charge in [0.25, 0.3) is 0 Å². The SMILES string of the molecule is CCCCNC1(C(C)(C)C)C=C(c2ccccc2)C2=C(O1)c1ccccc1CC2. The maximum Gasteiger partial charge on any atom is 0.186 e. The number of allylic oxidation sites excluding steroid dienone is 2. The van der Waals surface area contributed by atoms with E-state index < -0.39 is 5.72 Å². The van der Waals surface area contributed by atoms with Crippen LogP contribution in [-0.4, -0.2) is 12.3 Å². The number of ether oxygens (including phenoxy) is 1. The third-order valence-electron chi connectivity index (χ3n) is 6.23. The van der Waals surface area contributed by atoms with E-state index in [1.807, 2.05) is 0 Å². The molecule has 0 aromatic heterocycles. The molecule has 2 aromatic rings. The van der Waals surface area contributed by atoms with Crippen LogP contribution >= 0.6 is 0 Å². The molecule has 152 valence electrons. The van der Waals surface area contributed by atoms with E-state index >= 15 is 0 Å². The molecule has 1 aliphatic heterocycles. The van der Waals surface area contributed by atoms with Gasteiger partial charge in [0.15, 0.2) is 5.72 Å². The van der Waals surface area contributed by atoms with Crippen molar-refractivity contribution in [3.8, 4) is 0 Å². The molecule has 1 aliphatic carbocycles. The van der Waals surface area contributed by atoms with E-state index in [9.17, 15) is 0 Å². The molecule has 0 saturated carbocycles. The van der Waals surface area contributed by atoms with E-state index in [1.165, 1.54) is 34.3 Å². The highest BCUT2D eigenvalue weighted by Gasteiger charge is 2.47. The summed E-state index contributed by atoms with van der Waals surface area (Å²) in [7, 11) is 0. The van der Waals surface area contributed by atoms with Crippen molar-refractivity contribution in [2.45, 2.75) is 59.1 Å². The van der Waals surface area contributed by atoms with E-state index in [4.69, 9.17) is 4.74 Å². The molecule has 2 heteroatoms. The van der Waals surface area contributed by atoms with Crippen LogP contribution in [0.25, 0.3) is 11.3 Å². The molecule has 2 aromatic carbocycles. The van der Waals surface area contributed by atoms with E-state index in [1.54, 1.807) is 0 Å². The summed E-state index contributed by atoms with van der Waals surface area (Å²) in [6.45, 7) is 9.98. The van der Waals surface area contributed by atoms with Crippen molar-refractivity contribution < 1.29 is 4.74 Å². The summed E-state index contributed by atoms with van der Waals surface area (Å²) in [4.78, 5) is 0. The molecular weight excluding hydrogens is 354 g/mol. The zero-order chi connectivity index (χ0) is 20.5. The summed E-state index contributed by atoms with van der Waals surface area (Å²) in [6, 6.07) is 19.5. The van der Waals surface area contributed by atoms with E-state index in [-0.39, 0.29) is 5.41 Å². The minimum atomic E-state index is -0.545. The second-order valence-electron chi connectivity index (χ2n) is 9.26. The van der Waals surface area contributed by atoms with Gasteiger partial charge in [0.05, 0.1) is 0 Å². The number of benzene rings is 2. The zero-order valence-electron chi connectivity index (χ0n) is 18.2. The van der Waals surface area contributed by atoms with Gasteiger partial charge in [-0.05, 0) is 48.6 Å². The van der Waals surface area contributed by atoms with Crippen molar-refractivity contribution in [2.24, 2.45) is 5.41 Å². The van der Waals surface area contributed by atoms with Gasteiger partial charge in [-0.25, -0.2) is 0 Å². The van der Waals surface area contributed by atoms with Crippen LogP contribution in [0.1, 0.15) is 63.6 Å². The first-order chi connectivity index (χ1) is 14.0. The molecular formula is C27H33NO. The van der Waals surface area contributed by atoms with Crippen LogP contribution in [0.3, 0.4) is 0 Å². The average Bonchev–Trinajstić information content (AvgIpc) is 2.73. The first kappa shape index (κ1) is 20.0. The Bertz CT molecular complexity index is 933. The summed E-state index contributed by atoms with van der Waals surface area (Å²) in [5, 5.41) is 3.81. The minimum absolute atomic E-state index is 0.105. The van der Waals surface area contributed by atoms with Gasteiger partial charge in [-0.1, -0.05) is 88.7 Å². The van der Waals surface area contributed by atoms with E-state index in [0.29, 0.717) is 0 Å². The van der Waals surface area contributed by atoms with Gasteiger partial charge in [0, 0.05) is 16.6 Å². The van der Waals surface area contributed by atoms with Crippen molar-refractivity contribution in [1.29, 1.82) is 0 Å². The van der Waals surface area contributed by atoms with Crippen LogP contribution in [0.2, 0.25) is 0 Å². The third kappa shape index (κ3) is 3.67.